The average Bonchev–Trinajstić information content (AvgIpc) is 3.39. The van der Waals surface area contributed by atoms with Crippen molar-refractivity contribution in [2.24, 2.45) is 0 Å². The van der Waals surface area contributed by atoms with Crippen LogP contribution in [0.15, 0.2) is 65.3 Å². The van der Waals surface area contributed by atoms with Gasteiger partial charge < -0.3 is 19.0 Å². The Labute approximate surface area is 218 Å². The first-order valence-corrected chi connectivity index (χ1v) is 12.0. The van der Waals surface area contributed by atoms with Crippen molar-refractivity contribution in [2.45, 2.75) is 26.4 Å². The second kappa shape index (κ2) is 13.5. The molecular weight excluding hydrogens is 505 g/mol. The van der Waals surface area contributed by atoms with Gasteiger partial charge in [-0.15, -0.1) is 0 Å². The molecule has 1 aromatic heterocycles. The zero-order valence-corrected chi connectivity index (χ0v) is 21.0. The molecule has 0 saturated carbocycles. The van der Waals surface area contributed by atoms with Crippen LogP contribution in [0.2, 0.25) is 5.02 Å². The minimum Gasteiger partial charge on any atom is -0.467 e. The lowest BCUT2D eigenvalue weighted by atomic mass is 10.1. The lowest BCUT2D eigenvalue weighted by Gasteiger charge is -2.27. The molecule has 3 aromatic rings. The summed E-state index contributed by atoms with van der Waals surface area (Å²) in [7, 11) is 0. The predicted octanol–water partition coefficient (Wildman–Crippen LogP) is 5.08. The van der Waals surface area contributed by atoms with Gasteiger partial charge in [-0.2, -0.15) is 0 Å². The molecular formula is C26H27ClFN3O6. The van der Waals surface area contributed by atoms with Crippen molar-refractivity contribution < 1.29 is 28.1 Å². The highest BCUT2D eigenvalue weighted by Gasteiger charge is 2.25. The molecule has 0 N–H and O–H groups in total. The number of nitro benzene ring substituents is 1. The van der Waals surface area contributed by atoms with Gasteiger partial charge in [-0.1, -0.05) is 23.7 Å². The second-order valence-corrected chi connectivity index (χ2v) is 8.56. The van der Waals surface area contributed by atoms with Crippen molar-refractivity contribution >= 4 is 29.1 Å². The summed E-state index contributed by atoms with van der Waals surface area (Å²) in [4.78, 5) is 40.3. The van der Waals surface area contributed by atoms with Crippen molar-refractivity contribution in [1.29, 1.82) is 0 Å². The van der Waals surface area contributed by atoms with Gasteiger partial charge in [-0.3, -0.25) is 19.7 Å². The third-order valence-electron chi connectivity index (χ3n) is 5.49. The fourth-order valence-electron chi connectivity index (χ4n) is 3.62. The Bertz CT molecular complexity index is 1200. The van der Waals surface area contributed by atoms with E-state index in [0.29, 0.717) is 31.0 Å². The van der Waals surface area contributed by atoms with E-state index in [1.807, 2.05) is 6.92 Å². The monoisotopic (exact) mass is 531 g/mol. The first-order valence-electron chi connectivity index (χ1n) is 11.6. The van der Waals surface area contributed by atoms with E-state index >= 15 is 0 Å². The number of carbonyl (C=O) groups is 2. The van der Waals surface area contributed by atoms with Gasteiger partial charge >= 0.3 is 0 Å². The first-order chi connectivity index (χ1) is 17.8. The molecule has 196 valence electrons. The Morgan fingerprint density at radius 2 is 1.86 bits per heavy atom. The van der Waals surface area contributed by atoms with E-state index in [0.717, 1.165) is 6.07 Å². The van der Waals surface area contributed by atoms with Gasteiger partial charge in [-0.05, 0) is 55.3 Å². The molecule has 0 radical (unpaired) electrons. The summed E-state index contributed by atoms with van der Waals surface area (Å²) < 4.78 is 24.2. The average molecular weight is 532 g/mol. The summed E-state index contributed by atoms with van der Waals surface area (Å²) in [5.41, 5.74) is 0.337. The molecule has 3 rings (SSSR count). The van der Waals surface area contributed by atoms with Gasteiger partial charge in [-0.25, -0.2) is 4.39 Å². The molecule has 0 aliphatic carbocycles. The SMILES string of the molecule is CCOCCCN(CC(=O)N(Cc1ccc(F)cc1)Cc1ccco1)C(=O)c1ccc(Cl)c([N+](=O)[O-])c1. The van der Waals surface area contributed by atoms with E-state index in [2.05, 4.69) is 0 Å². The van der Waals surface area contributed by atoms with Gasteiger partial charge in [0.2, 0.25) is 5.91 Å². The molecule has 0 saturated heterocycles. The number of carbonyl (C=O) groups excluding carboxylic acids is 2. The van der Waals surface area contributed by atoms with Crippen LogP contribution in [0.25, 0.3) is 0 Å². The lowest BCUT2D eigenvalue weighted by molar-refractivity contribution is -0.384. The predicted molar refractivity (Wildman–Crippen MR) is 134 cm³/mol. The van der Waals surface area contributed by atoms with E-state index in [4.69, 9.17) is 20.8 Å². The van der Waals surface area contributed by atoms with Crippen LogP contribution in [0.3, 0.4) is 0 Å². The normalized spacial score (nSPS) is 10.8. The smallest absolute Gasteiger partial charge is 0.288 e. The molecule has 2 amide bonds. The van der Waals surface area contributed by atoms with E-state index in [1.54, 1.807) is 24.3 Å². The highest BCUT2D eigenvalue weighted by Crippen LogP contribution is 2.26. The van der Waals surface area contributed by atoms with Crippen molar-refractivity contribution in [3.05, 3.63) is 98.7 Å². The van der Waals surface area contributed by atoms with Gasteiger partial charge in [0.1, 0.15) is 23.1 Å². The minimum absolute atomic E-state index is 0.0384. The molecule has 0 aliphatic rings. The molecule has 37 heavy (non-hydrogen) atoms. The third kappa shape index (κ3) is 8.12. The number of rotatable bonds is 13. The van der Waals surface area contributed by atoms with E-state index in [9.17, 15) is 24.1 Å². The number of nitrogens with zero attached hydrogens (tertiary/aromatic N) is 3. The molecule has 0 unspecified atom stereocenters. The second-order valence-electron chi connectivity index (χ2n) is 8.16. The first kappa shape index (κ1) is 27.8. The fraction of sp³-hybridized carbons (Fsp3) is 0.308. The zero-order valence-electron chi connectivity index (χ0n) is 20.3. The molecule has 0 fully saturated rings. The summed E-state index contributed by atoms with van der Waals surface area (Å²) in [5.74, 6) is -0.785. The maximum atomic E-state index is 13.5. The van der Waals surface area contributed by atoms with Crippen LogP contribution < -0.4 is 0 Å². The van der Waals surface area contributed by atoms with Crippen LogP contribution in [-0.2, 0) is 22.6 Å². The quantitative estimate of drug-likeness (QED) is 0.173. The van der Waals surface area contributed by atoms with Crippen LogP contribution in [-0.4, -0.2) is 52.8 Å². The molecule has 0 aliphatic heterocycles. The number of benzene rings is 2. The summed E-state index contributed by atoms with van der Waals surface area (Å²) in [6.07, 6.45) is 1.95. The van der Waals surface area contributed by atoms with Crippen molar-refractivity contribution in [2.75, 3.05) is 26.3 Å². The lowest BCUT2D eigenvalue weighted by Crippen LogP contribution is -2.43. The van der Waals surface area contributed by atoms with Crippen molar-refractivity contribution in [3.8, 4) is 0 Å². The fourth-order valence-corrected chi connectivity index (χ4v) is 3.81. The van der Waals surface area contributed by atoms with Crippen LogP contribution in [0.1, 0.15) is 35.0 Å². The standard InChI is InChI=1S/C26H27ClFN3O6/c1-2-36-13-4-12-29(26(33)20-8-11-23(27)24(15-20)31(34)35)18-25(32)30(17-22-5-3-14-37-22)16-19-6-9-21(28)10-7-19/h3,5-11,14-15H,2,4,12-13,16-18H2,1H3. The zero-order chi connectivity index (χ0) is 26.8. The number of amides is 2. The number of hydrogen-bond donors (Lipinski definition) is 0. The van der Waals surface area contributed by atoms with Crippen LogP contribution in [0, 0.1) is 15.9 Å². The van der Waals surface area contributed by atoms with Crippen LogP contribution in [0.5, 0.6) is 0 Å². The molecule has 9 nitrogen and oxygen atoms in total. The summed E-state index contributed by atoms with van der Waals surface area (Å²) in [5, 5.41) is 11.2. The number of hydrogen-bond acceptors (Lipinski definition) is 6. The topological polar surface area (TPSA) is 106 Å². The van der Waals surface area contributed by atoms with Crippen molar-refractivity contribution in [1.82, 2.24) is 9.80 Å². The third-order valence-corrected chi connectivity index (χ3v) is 5.81. The molecule has 0 atom stereocenters. The summed E-state index contributed by atoms with van der Waals surface area (Å²) in [6, 6.07) is 13.0. The Morgan fingerprint density at radius 3 is 2.51 bits per heavy atom. The Kier molecular flexibility index (Phi) is 10.2. The van der Waals surface area contributed by atoms with Crippen LogP contribution >= 0.6 is 11.6 Å². The summed E-state index contributed by atoms with van der Waals surface area (Å²) in [6.45, 7) is 2.92. The van der Waals surface area contributed by atoms with E-state index in [1.165, 1.54) is 40.3 Å². The molecule has 11 heteroatoms. The van der Waals surface area contributed by atoms with Crippen LogP contribution in [0.4, 0.5) is 10.1 Å². The highest BCUT2D eigenvalue weighted by atomic mass is 35.5. The number of furan rings is 1. The number of nitro groups is 1. The Hall–Kier alpha value is -3.76. The Balaban J connectivity index is 1.84. The van der Waals surface area contributed by atoms with E-state index in [-0.39, 0.29) is 42.7 Å². The largest absolute Gasteiger partial charge is 0.467 e. The molecule has 0 spiro atoms. The molecule has 0 bridgehead atoms. The van der Waals surface area contributed by atoms with Gasteiger partial charge in [0.15, 0.2) is 0 Å². The molecule has 2 aromatic carbocycles. The number of halogens is 2. The van der Waals surface area contributed by atoms with Gasteiger partial charge in [0, 0.05) is 37.9 Å². The Morgan fingerprint density at radius 1 is 1.11 bits per heavy atom. The van der Waals surface area contributed by atoms with Crippen molar-refractivity contribution in [3.63, 3.8) is 0 Å². The maximum absolute atomic E-state index is 13.5. The summed E-state index contributed by atoms with van der Waals surface area (Å²) >= 11 is 5.90. The minimum atomic E-state index is -0.669. The molecule has 1 heterocycles. The maximum Gasteiger partial charge on any atom is 0.288 e. The highest BCUT2D eigenvalue weighted by molar-refractivity contribution is 6.32. The van der Waals surface area contributed by atoms with Gasteiger partial charge in [0.05, 0.1) is 17.7 Å². The number of ether oxygens (including phenoxy) is 1. The van der Waals surface area contributed by atoms with Gasteiger partial charge in [0.25, 0.3) is 11.6 Å². The van der Waals surface area contributed by atoms with E-state index < -0.39 is 22.3 Å².